The molecule has 0 saturated carbocycles. The van der Waals surface area contributed by atoms with Crippen molar-refractivity contribution in [1.29, 1.82) is 0 Å². The summed E-state index contributed by atoms with van der Waals surface area (Å²) >= 11 is 7.48. The standard InChI is InChI=1S/C20H20ClFN2O3S/c1-26-10-2-9-24-19(25)17-8-3-14(21)13-18(17)23-20(24)28-12-11-27-16-6-4-15(22)5-7-16/h3-8,13H,2,9-12H2,1H3. The van der Waals surface area contributed by atoms with Crippen molar-refractivity contribution < 1.29 is 13.9 Å². The van der Waals surface area contributed by atoms with Crippen molar-refractivity contribution in [3.8, 4) is 5.75 Å². The second-order valence-electron chi connectivity index (χ2n) is 6.01. The Balaban J connectivity index is 1.76. The van der Waals surface area contributed by atoms with Gasteiger partial charge in [0.15, 0.2) is 5.16 Å². The van der Waals surface area contributed by atoms with Gasteiger partial charge in [0.25, 0.3) is 5.56 Å². The molecule has 148 valence electrons. The quantitative estimate of drug-likeness (QED) is 0.290. The topological polar surface area (TPSA) is 53.4 Å². The molecule has 3 rings (SSSR count). The van der Waals surface area contributed by atoms with E-state index in [0.717, 1.165) is 0 Å². The summed E-state index contributed by atoms with van der Waals surface area (Å²) in [5, 5.41) is 1.68. The minimum atomic E-state index is -0.305. The van der Waals surface area contributed by atoms with E-state index in [1.54, 1.807) is 42.0 Å². The number of hydrogen-bond acceptors (Lipinski definition) is 5. The van der Waals surface area contributed by atoms with Gasteiger partial charge in [-0.05, 0) is 48.9 Å². The van der Waals surface area contributed by atoms with Gasteiger partial charge in [0.05, 0.1) is 17.5 Å². The zero-order valence-corrected chi connectivity index (χ0v) is 16.9. The number of fused-ring (bicyclic) bond motifs is 1. The van der Waals surface area contributed by atoms with Crippen molar-refractivity contribution in [3.05, 3.63) is 63.7 Å². The van der Waals surface area contributed by atoms with Crippen molar-refractivity contribution in [1.82, 2.24) is 9.55 Å². The van der Waals surface area contributed by atoms with Crippen LogP contribution in [-0.4, -0.2) is 35.6 Å². The van der Waals surface area contributed by atoms with Crippen LogP contribution in [0.5, 0.6) is 5.75 Å². The van der Waals surface area contributed by atoms with Crippen molar-refractivity contribution >= 4 is 34.3 Å². The summed E-state index contributed by atoms with van der Waals surface area (Å²) in [5.41, 5.74) is 0.474. The Morgan fingerprint density at radius 3 is 2.71 bits per heavy atom. The Bertz CT molecular complexity index is 995. The minimum Gasteiger partial charge on any atom is -0.493 e. The zero-order chi connectivity index (χ0) is 19.9. The van der Waals surface area contributed by atoms with Gasteiger partial charge in [0.2, 0.25) is 0 Å². The molecular weight excluding hydrogens is 403 g/mol. The largest absolute Gasteiger partial charge is 0.493 e. The third-order valence-corrected chi connectivity index (χ3v) is 5.19. The van der Waals surface area contributed by atoms with Crippen LogP contribution in [0.25, 0.3) is 10.9 Å². The fourth-order valence-electron chi connectivity index (χ4n) is 2.67. The SMILES string of the molecule is COCCCn1c(SCCOc2ccc(F)cc2)nc2cc(Cl)ccc2c1=O. The van der Waals surface area contributed by atoms with E-state index in [2.05, 4.69) is 4.98 Å². The molecule has 0 amide bonds. The van der Waals surface area contributed by atoms with E-state index in [-0.39, 0.29) is 11.4 Å². The molecule has 0 aliphatic carbocycles. The highest BCUT2D eigenvalue weighted by atomic mass is 35.5. The van der Waals surface area contributed by atoms with Crippen LogP contribution >= 0.6 is 23.4 Å². The molecule has 1 aromatic heterocycles. The summed E-state index contributed by atoms with van der Waals surface area (Å²) in [6, 6.07) is 10.9. The molecule has 5 nitrogen and oxygen atoms in total. The first-order valence-electron chi connectivity index (χ1n) is 8.78. The summed E-state index contributed by atoms with van der Waals surface area (Å²) in [4.78, 5) is 17.5. The van der Waals surface area contributed by atoms with Crippen LogP contribution in [0.1, 0.15) is 6.42 Å². The lowest BCUT2D eigenvalue weighted by Gasteiger charge is -2.13. The lowest BCUT2D eigenvalue weighted by Crippen LogP contribution is -2.24. The lowest BCUT2D eigenvalue weighted by atomic mass is 10.2. The molecule has 0 fully saturated rings. The average Bonchev–Trinajstić information content (AvgIpc) is 2.68. The molecule has 0 aliphatic rings. The number of nitrogens with zero attached hydrogens (tertiary/aromatic N) is 2. The van der Waals surface area contributed by atoms with E-state index in [1.165, 1.54) is 23.9 Å². The average molecular weight is 423 g/mol. The van der Waals surface area contributed by atoms with Crippen LogP contribution in [0, 0.1) is 5.82 Å². The zero-order valence-electron chi connectivity index (χ0n) is 15.4. The summed E-state index contributed by atoms with van der Waals surface area (Å²) in [7, 11) is 1.63. The number of hydrogen-bond donors (Lipinski definition) is 0. The van der Waals surface area contributed by atoms with E-state index in [4.69, 9.17) is 21.1 Å². The number of rotatable bonds is 9. The molecule has 0 atom stereocenters. The van der Waals surface area contributed by atoms with E-state index in [0.29, 0.717) is 58.8 Å². The van der Waals surface area contributed by atoms with E-state index in [1.807, 2.05) is 0 Å². The molecule has 0 unspecified atom stereocenters. The third-order valence-electron chi connectivity index (χ3n) is 4.01. The first-order valence-corrected chi connectivity index (χ1v) is 10.1. The molecule has 28 heavy (non-hydrogen) atoms. The second-order valence-corrected chi connectivity index (χ2v) is 7.51. The first-order chi connectivity index (χ1) is 13.6. The molecule has 0 aliphatic heterocycles. The molecule has 1 heterocycles. The smallest absolute Gasteiger partial charge is 0.262 e. The number of aromatic nitrogens is 2. The van der Waals surface area contributed by atoms with Crippen LogP contribution in [0.2, 0.25) is 5.02 Å². The minimum absolute atomic E-state index is 0.0975. The van der Waals surface area contributed by atoms with Gasteiger partial charge in [-0.2, -0.15) is 0 Å². The molecular formula is C20H20ClFN2O3S. The van der Waals surface area contributed by atoms with Crippen molar-refractivity contribution in [2.24, 2.45) is 0 Å². The molecule has 3 aromatic rings. The molecule has 0 N–H and O–H groups in total. The molecule has 2 aromatic carbocycles. The van der Waals surface area contributed by atoms with Gasteiger partial charge in [-0.25, -0.2) is 9.37 Å². The molecule has 8 heteroatoms. The Morgan fingerprint density at radius 2 is 1.96 bits per heavy atom. The monoisotopic (exact) mass is 422 g/mol. The molecule has 0 bridgehead atoms. The normalized spacial score (nSPS) is 11.1. The van der Waals surface area contributed by atoms with Crippen LogP contribution in [0.4, 0.5) is 4.39 Å². The van der Waals surface area contributed by atoms with Gasteiger partial charge < -0.3 is 9.47 Å². The predicted molar refractivity (Wildman–Crippen MR) is 110 cm³/mol. The molecule has 0 saturated heterocycles. The van der Waals surface area contributed by atoms with Crippen LogP contribution in [0.15, 0.2) is 52.4 Å². The predicted octanol–water partition coefficient (Wildman–Crippen LogP) is 4.40. The highest BCUT2D eigenvalue weighted by molar-refractivity contribution is 7.99. The third kappa shape index (κ3) is 5.25. The number of thioether (sulfide) groups is 1. The number of methoxy groups -OCH3 is 1. The molecule has 0 radical (unpaired) electrons. The first kappa shape index (κ1) is 20.6. The second kappa shape index (κ2) is 9.91. The number of benzene rings is 2. The highest BCUT2D eigenvalue weighted by Crippen LogP contribution is 2.21. The van der Waals surface area contributed by atoms with Crippen LogP contribution < -0.4 is 10.3 Å². The summed E-state index contributed by atoms with van der Waals surface area (Å²) in [6.45, 7) is 1.47. The number of halogens is 2. The highest BCUT2D eigenvalue weighted by Gasteiger charge is 2.12. The van der Waals surface area contributed by atoms with Crippen molar-refractivity contribution in [3.63, 3.8) is 0 Å². The van der Waals surface area contributed by atoms with Gasteiger partial charge in [0, 0.05) is 31.0 Å². The van der Waals surface area contributed by atoms with Gasteiger partial charge >= 0.3 is 0 Å². The van der Waals surface area contributed by atoms with Crippen molar-refractivity contribution in [2.45, 2.75) is 18.1 Å². The Kier molecular flexibility index (Phi) is 7.30. The van der Waals surface area contributed by atoms with Crippen molar-refractivity contribution in [2.75, 3.05) is 26.1 Å². The Hall–Kier alpha value is -2.09. The van der Waals surface area contributed by atoms with Gasteiger partial charge in [-0.3, -0.25) is 9.36 Å². The van der Waals surface area contributed by atoms with E-state index < -0.39 is 0 Å². The number of ether oxygens (including phenoxy) is 2. The molecule has 0 spiro atoms. The maximum absolute atomic E-state index is 12.9. The van der Waals surface area contributed by atoms with Gasteiger partial charge in [0.1, 0.15) is 11.6 Å². The van der Waals surface area contributed by atoms with E-state index >= 15 is 0 Å². The summed E-state index contributed by atoms with van der Waals surface area (Å²) < 4.78 is 25.3. The fraction of sp³-hybridized carbons (Fsp3) is 0.300. The Labute approximate surface area is 171 Å². The van der Waals surface area contributed by atoms with Gasteiger partial charge in [-0.1, -0.05) is 23.4 Å². The maximum Gasteiger partial charge on any atom is 0.262 e. The van der Waals surface area contributed by atoms with Gasteiger partial charge in [-0.15, -0.1) is 0 Å². The Morgan fingerprint density at radius 1 is 1.18 bits per heavy atom. The fourth-order valence-corrected chi connectivity index (χ4v) is 3.68. The van der Waals surface area contributed by atoms with E-state index in [9.17, 15) is 9.18 Å². The summed E-state index contributed by atoms with van der Waals surface area (Å²) in [6.07, 6.45) is 0.705. The summed E-state index contributed by atoms with van der Waals surface area (Å²) in [5.74, 6) is 0.874. The van der Waals surface area contributed by atoms with Crippen LogP contribution in [0.3, 0.4) is 0 Å². The maximum atomic E-state index is 12.9. The lowest BCUT2D eigenvalue weighted by molar-refractivity contribution is 0.189. The van der Waals surface area contributed by atoms with Crippen LogP contribution in [-0.2, 0) is 11.3 Å².